The molecule has 5 N–H and O–H groups in total. The molecule has 1 spiro atoms. The van der Waals surface area contributed by atoms with Crippen molar-refractivity contribution < 1.29 is 39.5 Å². The summed E-state index contributed by atoms with van der Waals surface area (Å²) in [5, 5.41) is 35.1. The van der Waals surface area contributed by atoms with Crippen molar-refractivity contribution in [2.75, 3.05) is 20.7 Å². The first-order chi connectivity index (χ1) is 18.9. The first kappa shape index (κ1) is 29.2. The number of para-hydroxylation sites is 1. The summed E-state index contributed by atoms with van der Waals surface area (Å²) in [7, 11) is 4.37. The van der Waals surface area contributed by atoms with Crippen molar-refractivity contribution in [2.45, 2.75) is 61.7 Å². The van der Waals surface area contributed by atoms with Gasteiger partial charge in [0.05, 0.1) is 36.3 Å². The van der Waals surface area contributed by atoms with Crippen molar-refractivity contribution in [2.24, 2.45) is 0 Å². The van der Waals surface area contributed by atoms with Gasteiger partial charge in [0.25, 0.3) is 0 Å². The van der Waals surface area contributed by atoms with Crippen LogP contribution in [0.1, 0.15) is 55.5 Å². The van der Waals surface area contributed by atoms with Crippen LogP contribution < -0.4 is 0 Å². The second-order valence-electron chi connectivity index (χ2n) is 10.7. The molecule has 1 fully saturated rings. The number of aliphatic carboxylic acids is 3. The highest BCUT2D eigenvalue weighted by Crippen LogP contribution is 2.53. The van der Waals surface area contributed by atoms with Gasteiger partial charge >= 0.3 is 17.9 Å². The molecule has 3 heterocycles. The molecule has 3 aromatic rings. The lowest BCUT2D eigenvalue weighted by molar-refractivity contribution is -0.170. The van der Waals surface area contributed by atoms with Gasteiger partial charge in [0, 0.05) is 34.8 Å². The van der Waals surface area contributed by atoms with E-state index in [9.17, 15) is 14.4 Å². The Morgan fingerprint density at radius 2 is 1.60 bits per heavy atom. The van der Waals surface area contributed by atoms with Crippen LogP contribution in [0.4, 0.5) is 0 Å². The van der Waals surface area contributed by atoms with Crippen molar-refractivity contribution in [3.63, 3.8) is 0 Å². The van der Waals surface area contributed by atoms with E-state index in [1.54, 1.807) is 0 Å². The molecule has 1 saturated carbocycles. The summed E-state index contributed by atoms with van der Waals surface area (Å²) in [4.78, 5) is 41.2. The number of nitrogens with zero attached hydrogens (tertiary/aromatic N) is 2. The number of aromatic nitrogens is 2. The Kier molecular flexibility index (Phi) is 8.29. The number of rotatable bonds is 7. The molecule has 11 heteroatoms. The molecule has 0 saturated heterocycles. The highest BCUT2D eigenvalue weighted by molar-refractivity contribution is 5.88. The Hall–Kier alpha value is -3.80. The Morgan fingerprint density at radius 3 is 2.15 bits per heavy atom. The molecule has 1 aliphatic heterocycles. The standard InChI is InChI=1S/C23H27N3O.C6H8O7/c1-26(2)22(20-9-5-6-15-24-20)11-13-23(14-12-22)21-17-7-3-4-8-18(17)25-19(21)10-16-27-23;7-3(8)1-6(13,5(11)12)2-4(9)10/h3-9,15,25H,10-14,16H2,1-2H3;13H,1-2H2,(H,7,8)(H,9,10)(H,11,12). The smallest absolute Gasteiger partial charge is 0.336 e. The van der Waals surface area contributed by atoms with Gasteiger partial charge in [0.15, 0.2) is 5.60 Å². The van der Waals surface area contributed by atoms with Gasteiger partial charge < -0.3 is 30.1 Å². The molecule has 0 atom stereocenters. The average Bonchev–Trinajstić information content (AvgIpc) is 3.29. The third-order valence-corrected chi connectivity index (χ3v) is 8.14. The molecule has 0 bridgehead atoms. The lowest BCUT2D eigenvalue weighted by atomic mass is 9.68. The van der Waals surface area contributed by atoms with Crippen molar-refractivity contribution in [1.82, 2.24) is 14.9 Å². The van der Waals surface area contributed by atoms with Crippen LogP contribution in [0.25, 0.3) is 10.9 Å². The normalized spacial score (nSPS) is 22.4. The number of carboxylic acids is 3. The Labute approximate surface area is 231 Å². The van der Waals surface area contributed by atoms with Gasteiger partial charge in [-0.25, -0.2) is 4.79 Å². The first-order valence-electron chi connectivity index (χ1n) is 13.1. The summed E-state index contributed by atoms with van der Waals surface area (Å²) >= 11 is 0. The lowest BCUT2D eigenvalue weighted by Gasteiger charge is -2.50. The topological polar surface area (TPSA) is 173 Å². The number of carbonyl (C=O) groups is 3. The van der Waals surface area contributed by atoms with Crippen molar-refractivity contribution in [1.29, 1.82) is 0 Å². The Bertz CT molecular complexity index is 1360. The van der Waals surface area contributed by atoms with Crippen LogP contribution in [-0.4, -0.2) is 79.5 Å². The van der Waals surface area contributed by atoms with Gasteiger partial charge in [-0.05, 0) is 58.0 Å². The number of H-pyrrole nitrogens is 1. The number of pyridine rings is 1. The number of carboxylic acid groups (broad SMARTS) is 3. The van der Waals surface area contributed by atoms with E-state index in [0.29, 0.717) is 0 Å². The van der Waals surface area contributed by atoms with Gasteiger partial charge in [-0.3, -0.25) is 19.5 Å². The van der Waals surface area contributed by atoms with E-state index in [-0.39, 0.29) is 11.1 Å². The molecular weight excluding hydrogens is 518 g/mol. The number of aromatic amines is 1. The molecule has 0 unspecified atom stereocenters. The Morgan fingerprint density at radius 1 is 0.975 bits per heavy atom. The fourth-order valence-electron chi connectivity index (χ4n) is 6.07. The highest BCUT2D eigenvalue weighted by Gasteiger charge is 2.50. The fourth-order valence-corrected chi connectivity index (χ4v) is 6.07. The minimum Gasteiger partial charge on any atom is -0.481 e. The van der Waals surface area contributed by atoms with E-state index >= 15 is 0 Å². The number of ether oxygens (including phenoxy) is 1. The van der Waals surface area contributed by atoms with E-state index in [4.69, 9.17) is 30.1 Å². The summed E-state index contributed by atoms with van der Waals surface area (Å²) in [5.74, 6) is -5.02. The summed E-state index contributed by atoms with van der Waals surface area (Å²) in [6.07, 6.45) is 4.76. The zero-order chi connectivity index (χ0) is 29.1. The quantitative estimate of drug-likeness (QED) is 0.292. The summed E-state index contributed by atoms with van der Waals surface area (Å²) in [6, 6.07) is 15.0. The molecule has 0 radical (unpaired) electrons. The van der Waals surface area contributed by atoms with Crippen LogP contribution in [0.3, 0.4) is 0 Å². The maximum atomic E-state index is 10.3. The molecule has 2 aliphatic rings. The van der Waals surface area contributed by atoms with Gasteiger partial charge in [-0.1, -0.05) is 24.3 Å². The van der Waals surface area contributed by atoms with Crippen molar-refractivity contribution >= 4 is 28.8 Å². The molecule has 0 amide bonds. The Balaban J connectivity index is 0.000000243. The second kappa shape index (κ2) is 11.4. The highest BCUT2D eigenvalue weighted by atomic mass is 16.5. The summed E-state index contributed by atoms with van der Waals surface area (Å²) in [6.45, 7) is 0.804. The molecule has 11 nitrogen and oxygen atoms in total. The molecule has 214 valence electrons. The first-order valence-corrected chi connectivity index (χ1v) is 13.1. The van der Waals surface area contributed by atoms with Gasteiger partial charge in [-0.15, -0.1) is 0 Å². The molecular formula is C29H35N3O8. The van der Waals surface area contributed by atoms with Crippen LogP contribution in [0, 0.1) is 0 Å². The van der Waals surface area contributed by atoms with Crippen LogP contribution in [0.5, 0.6) is 0 Å². The summed E-state index contributed by atoms with van der Waals surface area (Å²) < 4.78 is 6.55. The van der Waals surface area contributed by atoms with E-state index in [1.807, 2.05) is 12.3 Å². The van der Waals surface area contributed by atoms with Gasteiger partial charge in [0.2, 0.25) is 0 Å². The molecule has 2 aromatic heterocycles. The van der Waals surface area contributed by atoms with Gasteiger partial charge in [0.1, 0.15) is 0 Å². The molecule has 40 heavy (non-hydrogen) atoms. The van der Waals surface area contributed by atoms with E-state index in [0.717, 1.165) is 38.7 Å². The van der Waals surface area contributed by atoms with Crippen LogP contribution >= 0.6 is 0 Å². The van der Waals surface area contributed by atoms with E-state index in [2.05, 4.69) is 60.4 Å². The average molecular weight is 554 g/mol. The maximum Gasteiger partial charge on any atom is 0.336 e. The van der Waals surface area contributed by atoms with Gasteiger partial charge in [-0.2, -0.15) is 0 Å². The minimum atomic E-state index is -2.74. The number of aliphatic hydroxyl groups is 1. The zero-order valence-corrected chi connectivity index (χ0v) is 22.6. The number of fused-ring (bicyclic) bond motifs is 4. The summed E-state index contributed by atoms with van der Waals surface area (Å²) in [5.41, 5.74) is 2.29. The van der Waals surface area contributed by atoms with E-state index < -0.39 is 36.4 Å². The van der Waals surface area contributed by atoms with Crippen LogP contribution in [-0.2, 0) is 36.7 Å². The molecule has 1 aliphatic carbocycles. The third kappa shape index (κ3) is 5.58. The van der Waals surface area contributed by atoms with Crippen molar-refractivity contribution in [3.05, 3.63) is 65.6 Å². The molecule has 5 rings (SSSR count). The third-order valence-electron chi connectivity index (χ3n) is 8.14. The zero-order valence-electron chi connectivity index (χ0n) is 22.6. The monoisotopic (exact) mass is 553 g/mol. The number of nitrogens with one attached hydrogen (secondary N) is 1. The van der Waals surface area contributed by atoms with Crippen LogP contribution in [0.2, 0.25) is 0 Å². The number of hydrogen-bond acceptors (Lipinski definition) is 7. The predicted octanol–water partition coefficient (Wildman–Crippen LogP) is 3.11. The fraction of sp³-hybridized carbons (Fsp3) is 0.448. The predicted molar refractivity (Wildman–Crippen MR) is 145 cm³/mol. The number of hydrogen-bond donors (Lipinski definition) is 5. The van der Waals surface area contributed by atoms with Crippen molar-refractivity contribution in [3.8, 4) is 0 Å². The minimum absolute atomic E-state index is 0.0143. The molecule has 1 aromatic carbocycles. The maximum absolute atomic E-state index is 10.3. The van der Waals surface area contributed by atoms with Crippen LogP contribution in [0.15, 0.2) is 48.7 Å². The second-order valence-corrected chi connectivity index (χ2v) is 10.7. The van der Waals surface area contributed by atoms with E-state index in [1.165, 1.54) is 27.9 Å². The SMILES string of the molecule is CN(C)C1(c2ccccn2)CCC2(CC1)OCCc1[nH]c3ccccc3c12.O=C(O)CC(O)(CC(=O)O)C(=O)O. The largest absolute Gasteiger partial charge is 0.481 e. The number of benzene rings is 1. The lowest BCUT2D eigenvalue weighted by Crippen LogP contribution is -2.50.